The van der Waals surface area contributed by atoms with Gasteiger partial charge in [0.25, 0.3) is 0 Å². The van der Waals surface area contributed by atoms with Crippen LogP contribution in [-0.2, 0) is 19.3 Å². The predicted octanol–water partition coefficient (Wildman–Crippen LogP) is 4.41. The number of aliphatic hydroxyl groups is 1. The molecule has 4 heterocycles. The van der Waals surface area contributed by atoms with Crippen LogP contribution < -0.4 is 4.90 Å². The number of fused-ring (bicyclic) bond motifs is 1. The second-order valence-corrected chi connectivity index (χ2v) is 9.65. The molecule has 6 rings (SSSR count). The van der Waals surface area contributed by atoms with E-state index in [9.17, 15) is 9.50 Å². The summed E-state index contributed by atoms with van der Waals surface area (Å²) < 4.78 is 18.8. The Bertz CT molecular complexity index is 1140. The van der Waals surface area contributed by atoms with Crippen molar-refractivity contribution in [1.29, 1.82) is 0 Å². The molecule has 3 aliphatic heterocycles. The van der Waals surface area contributed by atoms with E-state index in [2.05, 4.69) is 27.1 Å². The molecule has 1 unspecified atom stereocenters. The molecule has 0 radical (unpaired) electrons. The number of halogens is 1. The number of hydrogen-bond donors (Lipinski definition) is 1. The lowest BCUT2D eigenvalue weighted by Gasteiger charge is -2.33. The van der Waals surface area contributed by atoms with E-state index in [0.29, 0.717) is 11.5 Å². The quantitative estimate of drug-likeness (QED) is 0.644. The fourth-order valence-electron chi connectivity index (χ4n) is 5.98. The number of likely N-dealkylation sites (tertiary alicyclic amines) is 1. The molecule has 0 saturated carbocycles. The fourth-order valence-corrected chi connectivity index (χ4v) is 5.98. The lowest BCUT2D eigenvalue weighted by Crippen LogP contribution is -2.37. The number of benzene rings is 2. The molecule has 3 aliphatic rings. The van der Waals surface area contributed by atoms with Gasteiger partial charge in [0.15, 0.2) is 5.58 Å². The highest BCUT2D eigenvalue weighted by molar-refractivity contribution is 5.79. The van der Waals surface area contributed by atoms with E-state index >= 15 is 0 Å². The molecule has 2 aromatic carbocycles. The summed E-state index contributed by atoms with van der Waals surface area (Å²) in [6.07, 6.45) is 7.02. The number of rotatable bonds is 5. The first-order chi connectivity index (χ1) is 15.7. The van der Waals surface area contributed by atoms with Gasteiger partial charge in [0.2, 0.25) is 0 Å². The van der Waals surface area contributed by atoms with Crippen molar-refractivity contribution in [2.45, 2.75) is 57.1 Å². The van der Waals surface area contributed by atoms with Crippen molar-refractivity contribution in [3.05, 3.63) is 58.5 Å². The first kappa shape index (κ1) is 20.2. The Morgan fingerprint density at radius 1 is 1.03 bits per heavy atom. The van der Waals surface area contributed by atoms with Gasteiger partial charge in [-0.3, -0.25) is 0 Å². The highest BCUT2D eigenvalue weighted by Crippen LogP contribution is 2.39. The van der Waals surface area contributed by atoms with Gasteiger partial charge in [-0.1, -0.05) is 17.3 Å². The van der Waals surface area contributed by atoms with Crippen LogP contribution in [0.2, 0.25) is 0 Å². The Kier molecular flexibility index (Phi) is 5.15. The van der Waals surface area contributed by atoms with E-state index < -0.39 is 0 Å². The van der Waals surface area contributed by atoms with Crippen molar-refractivity contribution in [3.8, 4) is 0 Å². The summed E-state index contributed by atoms with van der Waals surface area (Å²) in [5.41, 5.74) is 7.17. The van der Waals surface area contributed by atoms with Crippen molar-refractivity contribution in [1.82, 2.24) is 10.1 Å². The van der Waals surface area contributed by atoms with E-state index in [1.807, 2.05) is 0 Å². The minimum atomic E-state index is -0.297. The zero-order valence-electron chi connectivity index (χ0n) is 18.4. The topological polar surface area (TPSA) is 52.7 Å². The molecule has 0 bridgehead atoms. The van der Waals surface area contributed by atoms with Gasteiger partial charge >= 0.3 is 0 Å². The Hall–Kier alpha value is -2.44. The second-order valence-electron chi connectivity index (χ2n) is 9.65. The Morgan fingerprint density at radius 2 is 1.84 bits per heavy atom. The van der Waals surface area contributed by atoms with Crippen LogP contribution in [0.4, 0.5) is 10.1 Å². The molecule has 1 atom stereocenters. The maximum Gasteiger partial charge on any atom is 0.170 e. The van der Waals surface area contributed by atoms with Gasteiger partial charge in [0.1, 0.15) is 12.0 Å². The summed E-state index contributed by atoms with van der Waals surface area (Å²) in [6.45, 7) is 4.22. The maximum atomic E-state index is 13.4. The highest BCUT2D eigenvalue weighted by atomic mass is 19.1. The van der Waals surface area contributed by atoms with Crippen molar-refractivity contribution < 1.29 is 14.0 Å². The van der Waals surface area contributed by atoms with Crippen LogP contribution in [0.25, 0.3) is 11.0 Å². The third kappa shape index (κ3) is 3.59. The maximum absolute atomic E-state index is 13.4. The summed E-state index contributed by atoms with van der Waals surface area (Å²) >= 11 is 0. The number of aromatic nitrogens is 1. The third-order valence-electron chi connectivity index (χ3n) is 7.64. The number of nitrogens with zero attached hydrogens (tertiary/aromatic N) is 3. The van der Waals surface area contributed by atoms with Crippen LogP contribution in [0.1, 0.15) is 54.0 Å². The second kappa shape index (κ2) is 8.16. The SMILES string of the molecule is OC1CCc2cc(CCCN3CCC(c4noc5cc(F)ccc45)CC3)cc3c2N1CC3. The largest absolute Gasteiger partial charge is 0.374 e. The van der Waals surface area contributed by atoms with Crippen LogP contribution >= 0.6 is 0 Å². The van der Waals surface area contributed by atoms with E-state index in [1.54, 1.807) is 6.07 Å². The number of piperidine rings is 1. The van der Waals surface area contributed by atoms with Crippen LogP contribution in [-0.4, -0.2) is 47.6 Å². The molecule has 1 saturated heterocycles. The number of aliphatic hydroxyl groups excluding tert-OH is 1. The van der Waals surface area contributed by atoms with Crippen LogP contribution in [0.3, 0.4) is 0 Å². The molecule has 5 nitrogen and oxygen atoms in total. The van der Waals surface area contributed by atoms with E-state index in [0.717, 1.165) is 75.8 Å². The number of anilines is 1. The molecule has 1 aromatic heterocycles. The lowest BCUT2D eigenvalue weighted by atomic mass is 9.91. The van der Waals surface area contributed by atoms with Gasteiger partial charge in [-0.15, -0.1) is 0 Å². The van der Waals surface area contributed by atoms with Crippen LogP contribution in [0, 0.1) is 5.82 Å². The fraction of sp³-hybridized carbons (Fsp3) is 0.500. The standard InChI is InChI=1S/C26H30FN3O2/c27-21-4-5-22-23(16-21)32-28-25(22)18-7-11-29(12-8-18)10-1-2-17-14-19-3-6-24(31)30-13-9-20(15-17)26(19)30/h4-5,14-16,18,24,31H,1-3,6-13H2. The molecular formula is C26H30FN3O2. The molecule has 3 aromatic rings. The molecule has 0 aliphatic carbocycles. The van der Waals surface area contributed by atoms with E-state index in [1.165, 1.54) is 40.9 Å². The molecule has 1 N–H and O–H groups in total. The molecule has 1 fully saturated rings. The van der Waals surface area contributed by atoms with Gasteiger partial charge in [0.05, 0.1) is 5.69 Å². The minimum Gasteiger partial charge on any atom is -0.374 e. The van der Waals surface area contributed by atoms with Crippen molar-refractivity contribution >= 4 is 16.7 Å². The van der Waals surface area contributed by atoms with Gasteiger partial charge in [0, 0.05) is 29.6 Å². The van der Waals surface area contributed by atoms with E-state index in [-0.39, 0.29) is 12.0 Å². The van der Waals surface area contributed by atoms with E-state index in [4.69, 9.17) is 4.52 Å². The first-order valence-corrected chi connectivity index (χ1v) is 12.0. The normalized spacial score (nSPS) is 21.4. The Morgan fingerprint density at radius 3 is 2.69 bits per heavy atom. The average Bonchev–Trinajstić information content (AvgIpc) is 3.42. The van der Waals surface area contributed by atoms with Crippen LogP contribution in [0.15, 0.2) is 34.9 Å². The summed E-state index contributed by atoms with van der Waals surface area (Å²) in [7, 11) is 0. The summed E-state index contributed by atoms with van der Waals surface area (Å²) in [4.78, 5) is 4.75. The monoisotopic (exact) mass is 435 g/mol. The van der Waals surface area contributed by atoms with Crippen LogP contribution in [0.5, 0.6) is 0 Å². The highest BCUT2D eigenvalue weighted by Gasteiger charge is 2.31. The Balaban J connectivity index is 1.04. The van der Waals surface area contributed by atoms with Gasteiger partial charge in [-0.25, -0.2) is 4.39 Å². The summed E-state index contributed by atoms with van der Waals surface area (Å²) in [6, 6.07) is 9.47. The lowest BCUT2D eigenvalue weighted by molar-refractivity contribution is 0.156. The smallest absolute Gasteiger partial charge is 0.170 e. The Labute approximate surface area is 187 Å². The first-order valence-electron chi connectivity index (χ1n) is 12.0. The average molecular weight is 436 g/mol. The summed E-state index contributed by atoms with van der Waals surface area (Å²) in [5.74, 6) is 0.110. The molecule has 0 amide bonds. The molecule has 168 valence electrons. The van der Waals surface area contributed by atoms with Crippen molar-refractivity contribution in [2.75, 3.05) is 31.1 Å². The van der Waals surface area contributed by atoms with Crippen molar-refractivity contribution in [3.63, 3.8) is 0 Å². The number of hydrogen-bond acceptors (Lipinski definition) is 5. The molecule has 32 heavy (non-hydrogen) atoms. The zero-order valence-corrected chi connectivity index (χ0v) is 18.4. The summed E-state index contributed by atoms with van der Waals surface area (Å²) in [5, 5.41) is 15.5. The van der Waals surface area contributed by atoms with Gasteiger partial charge < -0.3 is 19.4 Å². The number of aryl methyl sites for hydroxylation is 2. The molecule has 6 heteroatoms. The third-order valence-corrected chi connectivity index (χ3v) is 7.64. The van der Waals surface area contributed by atoms with Gasteiger partial charge in [-0.05, 0) is 93.4 Å². The molecule has 0 spiro atoms. The van der Waals surface area contributed by atoms with Crippen molar-refractivity contribution in [2.24, 2.45) is 0 Å². The zero-order chi connectivity index (χ0) is 21.7. The minimum absolute atomic E-state index is 0.280. The van der Waals surface area contributed by atoms with Gasteiger partial charge in [-0.2, -0.15) is 0 Å². The molecular weight excluding hydrogens is 405 g/mol. The predicted molar refractivity (Wildman–Crippen MR) is 123 cm³/mol.